The van der Waals surface area contributed by atoms with Gasteiger partial charge in [0.2, 0.25) is 0 Å². The fourth-order valence-electron chi connectivity index (χ4n) is 5.77. The second kappa shape index (κ2) is 11.5. The summed E-state index contributed by atoms with van der Waals surface area (Å²) in [7, 11) is 0. The van der Waals surface area contributed by atoms with Gasteiger partial charge in [-0.15, -0.1) is 0 Å². The molecular formula is C40H30N2. The summed E-state index contributed by atoms with van der Waals surface area (Å²) >= 11 is 0. The Morgan fingerprint density at radius 1 is 0.262 bits per heavy atom. The van der Waals surface area contributed by atoms with Gasteiger partial charge in [0.05, 0.1) is 17.1 Å². The van der Waals surface area contributed by atoms with Gasteiger partial charge in [0.15, 0.2) is 0 Å². The van der Waals surface area contributed by atoms with E-state index in [0.29, 0.717) is 0 Å². The molecule has 0 atom stereocenters. The lowest BCUT2D eigenvalue weighted by Gasteiger charge is -2.34. The molecule has 0 unspecified atom stereocenters. The summed E-state index contributed by atoms with van der Waals surface area (Å²) in [6.45, 7) is 0. The molecule has 0 amide bonds. The van der Waals surface area contributed by atoms with Crippen LogP contribution in [0.5, 0.6) is 0 Å². The van der Waals surface area contributed by atoms with Crippen LogP contribution in [0.4, 0.5) is 34.1 Å². The van der Waals surface area contributed by atoms with E-state index < -0.39 is 0 Å². The second-order valence-corrected chi connectivity index (χ2v) is 10.2. The molecule has 0 saturated carbocycles. The number of nitrogens with zero attached hydrogens (tertiary/aromatic N) is 2. The highest BCUT2D eigenvalue weighted by Crippen LogP contribution is 2.48. The number of rotatable bonds is 7. The van der Waals surface area contributed by atoms with E-state index in [9.17, 15) is 0 Å². The molecule has 0 radical (unpaired) electrons. The first-order valence-corrected chi connectivity index (χ1v) is 14.3. The van der Waals surface area contributed by atoms with Crippen molar-refractivity contribution >= 4 is 44.9 Å². The van der Waals surface area contributed by atoms with E-state index in [4.69, 9.17) is 0 Å². The van der Waals surface area contributed by atoms with Crippen molar-refractivity contribution in [3.05, 3.63) is 182 Å². The van der Waals surface area contributed by atoms with E-state index in [0.717, 1.165) is 34.1 Å². The van der Waals surface area contributed by atoms with Gasteiger partial charge in [0.25, 0.3) is 0 Å². The van der Waals surface area contributed by atoms with E-state index in [2.05, 4.69) is 192 Å². The molecule has 0 aromatic heterocycles. The van der Waals surface area contributed by atoms with Crippen LogP contribution in [0.3, 0.4) is 0 Å². The van der Waals surface area contributed by atoms with Crippen molar-refractivity contribution in [1.29, 1.82) is 0 Å². The Kier molecular flexibility index (Phi) is 6.94. The minimum absolute atomic E-state index is 1.09. The van der Waals surface area contributed by atoms with Crippen molar-refractivity contribution in [1.82, 2.24) is 0 Å². The van der Waals surface area contributed by atoms with Crippen molar-refractivity contribution in [3.63, 3.8) is 0 Å². The Morgan fingerprint density at radius 3 is 1.29 bits per heavy atom. The molecular weight excluding hydrogens is 508 g/mol. The maximum absolute atomic E-state index is 2.39. The molecule has 0 aliphatic carbocycles. The van der Waals surface area contributed by atoms with Crippen LogP contribution in [0, 0.1) is 0 Å². The largest absolute Gasteiger partial charge is 0.308 e. The summed E-state index contributed by atoms with van der Waals surface area (Å²) in [5.74, 6) is 0. The lowest BCUT2D eigenvalue weighted by molar-refractivity contribution is 1.23. The predicted octanol–water partition coefficient (Wildman–Crippen LogP) is 11.4. The van der Waals surface area contributed by atoms with Crippen LogP contribution in [0.15, 0.2) is 182 Å². The number of benzene rings is 7. The highest BCUT2D eigenvalue weighted by atomic mass is 15.2. The molecule has 42 heavy (non-hydrogen) atoms. The highest BCUT2D eigenvalue weighted by Gasteiger charge is 2.23. The van der Waals surface area contributed by atoms with Gasteiger partial charge in [0.1, 0.15) is 0 Å². The van der Waals surface area contributed by atoms with E-state index >= 15 is 0 Å². The number of para-hydroxylation sites is 6. The van der Waals surface area contributed by atoms with Crippen molar-refractivity contribution in [2.75, 3.05) is 9.80 Å². The SMILES string of the molecule is c1ccc(N(c2ccccc2)c2ccccc2N(c2ccccc2)c2ccccc2-c2cccc3ccccc23)cc1. The standard InChI is InChI=1S/C40H30N2/c1-4-19-32(20-5-1)41(33-21-6-2-7-22-33)39-29-14-15-30-40(39)42(34-23-8-3-9-24-34)38-28-13-12-26-37(38)36-27-16-18-31-17-10-11-25-35(31)36/h1-30H. The van der Waals surface area contributed by atoms with Gasteiger partial charge in [-0.05, 0) is 70.9 Å². The Balaban J connectivity index is 1.50. The third kappa shape index (κ3) is 4.80. The highest BCUT2D eigenvalue weighted by molar-refractivity contribution is 6.02. The van der Waals surface area contributed by atoms with Gasteiger partial charge in [-0.1, -0.05) is 127 Å². The maximum atomic E-state index is 2.39. The van der Waals surface area contributed by atoms with E-state index in [-0.39, 0.29) is 0 Å². The summed E-state index contributed by atoms with van der Waals surface area (Å²) in [6.07, 6.45) is 0. The summed E-state index contributed by atoms with van der Waals surface area (Å²) in [6, 6.07) is 64.5. The summed E-state index contributed by atoms with van der Waals surface area (Å²) in [5, 5.41) is 2.47. The first-order valence-electron chi connectivity index (χ1n) is 14.3. The fourth-order valence-corrected chi connectivity index (χ4v) is 5.77. The smallest absolute Gasteiger partial charge is 0.0702 e. The zero-order valence-corrected chi connectivity index (χ0v) is 23.2. The van der Waals surface area contributed by atoms with Gasteiger partial charge in [-0.25, -0.2) is 0 Å². The third-order valence-corrected chi connectivity index (χ3v) is 7.63. The zero-order valence-electron chi connectivity index (χ0n) is 23.2. The van der Waals surface area contributed by atoms with Gasteiger partial charge in [0, 0.05) is 22.6 Å². The number of hydrogen-bond donors (Lipinski definition) is 0. The van der Waals surface area contributed by atoms with Crippen LogP contribution >= 0.6 is 0 Å². The molecule has 7 aromatic rings. The zero-order chi connectivity index (χ0) is 28.1. The van der Waals surface area contributed by atoms with Crippen LogP contribution in [0.2, 0.25) is 0 Å². The quantitative estimate of drug-likeness (QED) is 0.199. The Hall–Kier alpha value is -5.60. The van der Waals surface area contributed by atoms with Crippen LogP contribution < -0.4 is 9.80 Å². The van der Waals surface area contributed by atoms with E-state index in [1.165, 1.54) is 21.9 Å². The van der Waals surface area contributed by atoms with Crippen LogP contribution in [-0.2, 0) is 0 Å². The summed E-state index contributed by atoms with van der Waals surface area (Å²) in [5.41, 5.74) is 8.99. The molecule has 0 N–H and O–H groups in total. The van der Waals surface area contributed by atoms with Gasteiger partial charge < -0.3 is 9.80 Å². The number of hydrogen-bond acceptors (Lipinski definition) is 2. The molecule has 7 aromatic carbocycles. The van der Waals surface area contributed by atoms with Crippen molar-refractivity contribution in [2.45, 2.75) is 0 Å². The predicted molar refractivity (Wildman–Crippen MR) is 179 cm³/mol. The molecule has 0 aliphatic heterocycles. The molecule has 0 bridgehead atoms. The molecule has 0 fully saturated rings. The normalized spacial score (nSPS) is 10.9. The molecule has 0 saturated heterocycles. The average molecular weight is 539 g/mol. The number of anilines is 6. The van der Waals surface area contributed by atoms with Crippen LogP contribution in [0.25, 0.3) is 21.9 Å². The average Bonchev–Trinajstić information content (AvgIpc) is 3.07. The Labute approximate surface area is 247 Å². The molecule has 0 heterocycles. The van der Waals surface area contributed by atoms with E-state index in [1.807, 2.05) is 0 Å². The molecule has 0 spiro atoms. The second-order valence-electron chi connectivity index (χ2n) is 10.2. The van der Waals surface area contributed by atoms with Crippen LogP contribution in [-0.4, -0.2) is 0 Å². The van der Waals surface area contributed by atoms with Gasteiger partial charge in [-0.3, -0.25) is 0 Å². The molecule has 0 aliphatic rings. The first-order chi connectivity index (χ1) is 20.9. The summed E-state index contributed by atoms with van der Waals surface area (Å²) in [4.78, 5) is 4.73. The van der Waals surface area contributed by atoms with Gasteiger partial charge >= 0.3 is 0 Å². The Bertz CT molecular complexity index is 1890. The molecule has 200 valence electrons. The summed E-state index contributed by atoms with van der Waals surface area (Å²) < 4.78 is 0. The lowest BCUT2D eigenvalue weighted by Crippen LogP contribution is -2.17. The van der Waals surface area contributed by atoms with E-state index in [1.54, 1.807) is 0 Å². The molecule has 7 rings (SSSR count). The lowest BCUT2D eigenvalue weighted by atomic mass is 9.96. The maximum Gasteiger partial charge on any atom is 0.0702 e. The fraction of sp³-hybridized carbons (Fsp3) is 0. The van der Waals surface area contributed by atoms with Gasteiger partial charge in [-0.2, -0.15) is 0 Å². The minimum Gasteiger partial charge on any atom is -0.308 e. The van der Waals surface area contributed by atoms with Crippen molar-refractivity contribution < 1.29 is 0 Å². The number of fused-ring (bicyclic) bond motifs is 1. The van der Waals surface area contributed by atoms with Crippen molar-refractivity contribution in [2.24, 2.45) is 0 Å². The topological polar surface area (TPSA) is 6.48 Å². The monoisotopic (exact) mass is 538 g/mol. The minimum atomic E-state index is 1.09. The third-order valence-electron chi connectivity index (χ3n) is 7.63. The molecule has 2 heteroatoms. The molecule has 2 nitrogen and oxygen atoms in total. The van der Waals surface area contributed by atoms with Crippen molar-refractivity contribution in [3.8, 4) is 11.1 Å². The first kappa shape index (κ1) is 25.4. The van der Waals surface area contributed by atoms with Crippen LogP contribution in [0.1, 0.15) is 0 Å². The Morgan fingerprint density at radius 2 is 0.667 bits per heavy atom.